The van der Waals surface area contributed by atoms with Crippen molar-refractivity contribution in [2.75, 3.05) is 13.2 Å². The Morgan fingerprint density at radius 3 is 1.23 bits per heavy atom. The summed E-state index contributed by atoms with van der Waals surface area (Å²) in [5, 5.41) is 0. The van der Waals surface area contributed by atoms with Crippen molar-refractivity contribution < 1.29 is 13.6 Å². The summed E-state index contributed by atoms with van der Waals surface area (Å²) < 4.78 is 22.0. The number of hydrogen-bond acceptors (Lipinski definition) is 3. The van der Waals surface area contributed by atoms with Crippen LogP contribution in [0.2, 0.25) is 0 Å². The lowest BCUT2D eigenvalue weighted by molar-refractivity contribution is 0.218. The summed E-state index contributed by atoms with van der Waals surface area (Å²) in [6, 6.07) is 0. The molecular weight excluding hydrogens is 295 g/mol. The first kappa shape index (κ1) is 22.1. The van der Waals surface area contributed by atoms with E-state index in [1.165, 1.54) is 77.0 Å². The highest BCUT2D eigenvalue weighted by Crippen LogP contribution is 2.24. The van der Waals surface area contributed by atoms with Gasteiger partial charge in [-0.15, -0.1) is 0 Å². The Balaban J connectivity index is 3.13. The summed E-state index contributed by atoms with van der Waals surface area (Å²) in [4.78, 5) is 0. The normalized spacial score (nSPS) is 11.4. The zero-order valence-corrected chi connectivity index (χ0v) is 16.0. The number of hydrogen-bond donors (Lipinski definition) is 0. The van der Waals surface area contributed by atoms with E-state index in [9.17, 15) is 4.57 Å². The summed E-state index contributed by atoms with van der Waals surface area (Å²) in [5.41, 5.74) is 0. The topological polar surface area (TPSA) is 35.5 Å². The van der Waals surface area contributed by atoms with Crippen molar-refractivity contribution in [2.24, 2.45) is 0 Å². The fraction of sp³-hybridized carbons (Fsp3) is 1.00. The highest BCUT2D eigenvalue weighted by atomic mass is 31.1. The second kappa shape index (κ2) is 19.2. The first-order valence-corrected chi connectivity index (χ1v) is 10.8. The third-order valence-corrected chi connectivity index (χ3v) is 4.82. The lowest BCUT2D eigenvalue weighted by Gasteiger charge is -2.06. The molecule has 0 unspecified atom stereocenters. The van der Waals surface area contributed by atoms with Crippen LogP contribution in [0.4, 0.5) is 0 Å². The largest absolute Gasteiger partial charge is 0.319 e. The molecule has 4 heteroatoms. The van der Waals surface area contributed by atoms with Gasteiger partial charge >= 0.3 is 8.25 Å². The SMILES string of the molecule is CCCCCCCCCO[PH](=O)OCCCCCCCCC. The van der Waals surface area contributed by atoms with Gasteiger partial charge in [0.15, 0.2) is 0 Å². The Kier molecular flexibility index (Phi) is 19.3. The minimum Gasteiger partial charge on any atom is -0.311 e. The van der Waals surface area contributed by atoms with Crippen LogP contribution in [-0.2, 0) is 13.6 Å². The molecule has 0 aromatic heterocycles. The minimum absolute atomic E-state index is 0.586. The van der Waals surface area contributed by atoms with E-state index in [-0.39, 0.29) is 0 Å². The van der Waals surface area contributed by atoms with Gasteiger partial charge in [-0.2, -0.15) is 0 Å². The van der Waals surface area contributed by atoms with Crippen LogP contribution in [0, 0.1) is 0 Å². The van der Waals surface area contributed by atoms with Gasteiger partial charge in [0.2, 0.25) is 0 Å². The van der Waals surface area contributed by atoms with E-state index in [1.807, 2.05) is 0 Å². The highest BCUT2D eigenvalue weighted by molar-refractivity contribution is 7.33. The predicted molar refractivity (Wildman–Crippen MR) is 96.9 cm³/mol. The molecule has 0 saturated heterocycles. The fourth-order valence-electron chi connectivity index (χ4n) is 2.47. The van der Waals surface area contributed by atoms with Crippen molar-refractivity contribution in [1.29, 1.82) is 0 Å². The maximum atomic E-state index is 11.5. The van der Waals surface area contributed by atoms with Crippen LogP contribution in [0.3, 0.4) is 0 Å². The van der Waals surface area contributed by atoms with Gasteiger partial charge in [0.25, 0.3) is 0 Å². The van der Waals surface area contributed by atoms with E-state index in [1.54, 1.807) is 0 Å². The molecule has 0 aromatic carbocycles. The maximum Gasteiger partial charge on any atom is 0.319 e. The Bertz CT molecular complexity index is 212. The van der Waals surface area contributed by atoms with Gasteiger partial charge in [-0.05, 0) is 12.8 Å². The number of unbranched alkanes of at least 4 members (excludes halogenated alkanes) is 12. The molecule has 0 aromatic rings. The Morgan fingerprint density at radius 2 is 0.864 bits per heavy atom. The molecule has 0 saturated carbocycles. The molecule has 0 aliphatic heterocycles. The van der Waals surface area contributed by atoms with Gasteiger partial charge in [-0.3, -0.25) is 4.57 Å². The molecule has 22 heavy (non-hydrogen) atoms. The van der Waals surface area contributed by atoms with Gasteiger partial charge in [0.05, 0.1) is 13.2 Å². The lowest BCUT2D eigenvalue weighted by Crippen LogP contribution is -1.92. The van der Waals surface area contributed by atoms with Crippen LogP contribution in [0.1, 0.15) is 104 Å². The van der Waals surface area contributed by atoms with Crippen LogP contribution in [-0.4, -0.2) is 13.2 Å². The van der Waals surface area contributed by atoms with Crippen molar-refractivity contribution in [3.8, 4) is 0 Å². The van der Waals surface area contributed by atoms with Crippen molar-refractivity contribution >= 4 is 8.25 Å². The van der Waals surface area contributed by atoms with Gasteiger partial charge in [0.1, 0.15) is 0 Å². The molecule has 0 aliphatic carbocycles. The Morgan fingerprint density at radius 1 is 0.545 bits per heavy atom. The van der Waals surface area contributed by atoms with Crippen LogP contribution < -0.4 is 0 Å². The third-order valence-electron chi connectivity index (χ3n) is 3.94. The van der Waals surface area contributed by atoms with Gasteiger partial charge in [-0.25, -0.2) is 0 Å². The summed E-state index contributed by atoms with van der Waals surface area (Å²) in [6.45, 7) is 5.64. The summed E-state index contributed by atoms with van der Waals surface area (Å²) in [5.74, 6) is 0. The highest BCUT2D eigenvalue weighted by Gasteiger charge is 2.00. The van der Waals surface area contributed by atoms with Gasteiger partial charge < -0.3 is 9.05 Å². The molecule has 0 aliphatic rings. The van der Waals surface area contributed by atoms with Crippen LogP contribution >= 0.6 is 8.25 Å². The first-order valence-electron chi connectivity index (χ1n) is 9.60. The van der Waals surface area contributed by atoms with Crippen LogP contribution in [0.5, 0.6) is 0 Å². The molecule has 0 bridgehead atoms. The molecule has 0 atom stereocenters. The Hall–Kier alpha value is 0.150. The average molecular weight is 334 g/mol. The molecule has 0 fully saturated rings. The zero-order chi connectivity index (χ0) is 16.3. The van der Waals surface area contributed by atoms with Crippen molar-refractivity contribution in [3.63, 3.8) is 0 Å². The van der Waals surface area contributed by atoms with E-state index < -0.39 is 8.25 Å². The molecule has 0 heterocycles. The molecule has 0 rings (SSSR count). The lowest BCUT2D eigenvalue weighted by atomic mass is 10.1. The molecule has 0 amide bonds. The quantitative estimate of drug-likeness (QED) is 0.202. The minimum atomic E-state index is -2.24. The van der Waals surface area contributed by atoms with E-state index in [0.717, 1.165) is 12.8 Å². The van der Waals surface area contributed by atoms with Crippen molar-refractivity contribution in [1.82, 2.24) is 0 Å². The first-order chi connectivity index (χ1) is 10.8. The van der Waals surface area contributed by atoms with Crippen molar-refractivity contribution in [2.45, 2.75) is 104 Å². The molecular formula is C18H39O3P. The predicted octanol–water partition coefficient (Wildman–Crippen LogP) is 6.91. The molecule has 134 valence electrons. The Labute approximate surface area is 139 Å². The van der Waals surface area contributed by atoms with E-state index in [0.29, 0.717) is 13.2 Å². The monoisotopic (exact) mass is 334 g/mol. The van der Waals surface area contributed by atoms with Crippen LogP contribution in [0.15, 0.2) is 0 Å². The van der Waals surface area contributed by atoms with E-state index in [2.05, 4.69) is 13.8 Å². The summed E-state index contributed by atoms with van der Waals surface area (Å²) in [6.07, 6.45) is 17.5. The second-order valence-corrected chi connectivity index (χ2v) is 7.27. The standard InChI is InChI=1S/C18H39O3P/c1-3-5-7-9-11-13-15-17-20-22(19)21-18-16-14-12-10-8-6-4-2/h22H,3-18H2,1-2H3. The number of rotatable bonds is 18. The average Bonchev–Trinajstić information content (AvgIpc) is 2.52. The van der Waals surface area contributed by atoms with E-state index >= 15 is 0 Å². The molecule has 0 spiro atoms. The maximum absolute atomic E-state index is 11.5. The zero-order valence-electron chi connectivity index (χ0n) is 15.0. The molecule has 0 N–H and O–H groups in total. The summed E-state index contributed by atoms with van der Waals surface area (Å²) >= 11 is 0. The van der Waals surface area contributed by atoms with Gasteiger partial charge in [0, 0.05) is 0 Å². The van der Waals surface area contributed by atoms with E-state index in [4.69, 9.17) is 9.05 Å². The molecule has 3 nitrogen and oxygen atoms in total. The third kappa shape index (κ3) is 18.2. The van der Waals surface area contributed by atoms with Crippen LogP contribution in [0.25, 0.3) is 0 Å². The van der Waals surface area contributed by atoms with Gasteiger partial charge in [-0.1, -0.05) is 90.9 Å². The molecule has 0 radical (unpaired) electrons. The fourth-order valence-corrected chi connectivity index (χ4v) is 3.18. The second-order valence-electron chi connectivity index (χ2n) is 6.19. The van der Waals surface area contributed by atoms with Crippen molar-refractivity contribution in [3.05, 3.63) is 0 Å². The summed E-state index contributed by atoms with van der Waals surface area (Å²) in [7, 11) is -2.24. The smallest absolute Gasteiger partial charge is 0.311 e.